The van der Waals surface area contributed by atoms with E-state index in [0.717, 1.165) is 10.1 Å². The molecule has 2 aromatic heterocycles. The van der Waals surface area contributed by atoms with Gasteiger partial charge in [0, 0.05) is 11.7 Å². The molecule has 5 nitrogen and oxygen atoms in total. The minimum Gasteiger partial charge on any atom is -0.333 e. The molecule has 0 fully saturated rings. The Morgan fingerprint density at radius 1 is 1.45 bits per heavy atom. The average molecular weight is 290 g/mol. The number of carbonyl (C=O) groups is 1. The molecular formula is C13H11FN4OS. The van der Waals surface area contributed by atoms with Crippen molar-refractivity contribution in [1.29, 1.82) is 0 Å². The predicted octanol–water partition coefficient (Wildman–Crippen LogP) is 2.43. The molecule has 0 spiro atoms. The van der Waals surface area contributed by atoms with Gasteiger partial charge in [-0.25, -0.2) is 9.37 Å². The highest BCUT2D eigenvalue weighted by atomic mass is 32.1. The lowest BCUT2D eigenvalue weighted by Crippen LogP contribution is -2.25. The summed E-state index contributed by atoms with van der Waals surface area (Å²) in [5.74, 6) is 0.195. The summed E-state index contributed by atoms with van der Waals surface area (Å²) in [6.45, 7) is 0.349. The fourth-order valence-electron chi connectivity index (χ4n) is 1.91. The number of halogens is 1. The van der Waals surface area contributed by atoms with Crippen molar-refractivity contribution in [1.82, 2.24) is 20.1 Å². The molecule has 102 valence electrons. The van der Waals surface area contributed by atoms with Gasteiger partial charge in [0.2, 0.25) is 0 Å². The molecule has 20 heavy (non-hydrogen) atoms. The zero-order valence-electron chi connectivity index (χ0n) is 10.6. The SMILES string of the molecule is CN(Cc1ncn[nH]1)C(=O)c1cc2cc(F)ccc2s1. The summed E-state index contributed by atoms with van der Waals surface area (Å²) < 4.78 is 14.0. The molecular weight excluding hydrogens is 279 g/mol. The molecule has 0 bridgehead atoms. The second kappa shape index (κ2) is 5.01. The molecule has 3 rings (SSSR count). The Hall–Kier alpha value is -2.28. The Bertz CT molecular complexity index is 753. The number of hydrogen-bond acceptors (Lipinski definition) is 4. The van der Waals surface area contributed by atoms with E-state index in [0.29, 0.717) is 17.2 Å². The van der Waals surface area contributed by atoms with E-state index >= 15 is 0 Å². The van der Waals surface area contributed by atoms with Crippen LogP contribution in [0.25, 0.3) is 10.1 Å². The van der Waals surface area contributed by atoms with E-state index in [1.165, 1.54) is 29.8 Å². The third-order valence-corrected chi connectivity index (χ3v) is 3.99. The topological polar surface area (TPSA) is 61.9 Å². The van der Waals surface area contributed by atoms with Crippen LogP contribution in [-0.2, 0) is 6.54 Å². The molecule has 0 saturated heterocycles. The second-order valence-electron chi connectivity index (χ2n) is 4.39. The first-order chi connectivity index (χ1) is 9.63. The first-order valence-electron chi connectivity index (χ1n) is 5.92. The number of amides is 1. The Morgan fingerprint density at radius 3 is 3.05 bits per heavy atom. The summed E-state index contributed by atoms with van der Waals surface area (Å²) in [6, 6.07) is 6.22. The van der Waals surface area contributed by atoms with Gasteiger partial charge in [0.1, 0.15) is 18.0 Å². The van der Waals surface area contributed by atoms with Gasteiger partial charge in [-0.1, -0.05) is 0 Å². The Morgan fingerprint density at radius 2 is 2.30 bits per heavy atom. The fourth-order valence-corrected chi connectivity index (χ4v) is 2.95. The molecule has 0 aliphatic carbocycles. The first-order valence-corrected chi connectivity index (χ1v) is 6.74. The number of fused-ring (bicyclic) bond motifs is 1. The molecule has 0 unspecified atom stereocenters. The van der Waals surface area contributed by atoms with E-state index in [1.54, 1.807) is 24.1 Å². The minimum atomic E-state index is -0.302. The third-order valence-electron chi connectivity index (χ3n) is 2.89. The van der Waals surface area contributed by atoms with Crippen LogP contribution in [-0.4, -0.2) is 33.0 Å². The van der Waals surface area contributed by atoms with E-state index in [4.69, 9.17) is 0 Å². The maximum Gasteiger partial charge on any atom is 0.264 e. The highest BCUT2D eigenvalue weighted by Gasteiger charge is 2.16. The van der Waals surface area contributed by atoms with Gasteiger partial charge in [-0.2, -0.15) is 5.10 Å². The molecule has 0 atom stereocenters. The third kappa shape index (κ3) is 2.39. The van der Waals surface area contributed by atoms with Crippen molar-refractivity contribution in [2.24, 2.45) is 0 Å². The number of rotatable bonds is 3. The predicted molar refractivity (Wildman–Crippen MR) is 74.0 cm³/mol. The molecule has 0 aliphatic heterocycles. The molecule has 3 aromatic rings. The summed E-state index contributed by atoms with van der Waals surface area (Å²) >= 11 is 1.35. The van der Waals surface area contributed by atoms with E-state index in [1.807, 2.05) is 0 Å². The van der Waals surface area contributed by atoms with Gasteiger partial charge in [0.15, 0.2) is 0 Å². The van der Waals surface area contributed by atoms with Crippen LogP contribution in [0, 0.1) is 5.82 Å². The lowest BCUT2D eigenvalue weighted by Gasteiger charge is -2.13. The molecule has 0 saturated carbocycles. The van der Waals surface area contributed by atoms with Crippen molar-refractivity contribution in [3.63, 3.8) is 0 Å². The number of benzene rings is 1. The number of nitrogens with one attached hydrogen (secondary N) is 1. The normalized spacial score (nSPS) is 10.9. The first kappa shape index (κ1) is 12.7. The van der Waals surface area contributed by atoms with Crippen LogP contribution < -0.4 is 0 Å². The summed E-state index contributed by atoms with van der Waals surface area (Å²) in [5.41, 5.74) is 0. The van der Waals surface area contributed by atoms with E-state index in [2.05, 4.69) is 15.2 Å². The molecule has 1 aromatic carbocycles. The summed E-state index contributed by atoms with van der Waals surface area (Å²) in [4.78, 5) is 18.4. The van der Waals surface area contributed by atoms with E-state index in [-0.39, 0.29) is 11.7 Å². The van der Waals surface area contributed by atoms with Gasteiger partial charge in [0.05, 0.1) is 11.4 Å². The lowest BCUT2D eigenvalue weighted by molar-refractivity contribution is 0.0786. The van der Waals surface area contributed by atoms with Crippen molar-refractivity contribution in [2.75, 3.05) is 7.05 Å². The Balaban J connectivity index is 1.84. The second-order valence-corrected chi connectivity index (χ2v) is 5.47. The number of thiophene rings is 1. The Labute approximate surface area is 118 Å². The van der Waals surface area contributed by atoms with Gasteiger partial charge in [-0.15, -0.1) is 11.3 Å². The highest BCUT2D eigenvalue weighted by Crippen LogP contribution is 2.27. The standard InChI is InChI=1S/C13H11FN4OS/c1-18(6-12-15-7-16-17-12)13(19)11-5-8-4-9(14)2-3-10(8)20-11/h2-5,7H,6H2,1H3,(H,15,16,17). The van der Waals surface area contributed by atoms with Crippen molar-refractivity contribution in [3.8, 4) is 0 Å². The van der Waals surface area contributed by atoms with Crippen LogP contribution >= 0.6 is 11.3 Å². The van der Waals surface area contributed by atoms with Crippen molar-refractivity contribution in [3.05, 3.63) is 47.1 Å². The largest absolute Gasteiger partial charge is 0.333 e. The van der Waals surface area contributed by atoms with Gasteiger partial charge < -0.3 is 4.90 Å². The number of H-pyrrole nitrogens is 1. The number of aromatic amines is 1. The van der Waals surface area contributed by atoms with E-state index in [9.17, 15) is 9.18 Å². The van der Waals surface area contributed by atoms with Crippen molar-refractivity contribution in [2.45, 2.75) is 6.54 Å². The number of hydrogen-bond donors (Lipinski definition) is 1. The van der Waals surface area contributed by atoms with Crippen LogP contribution in [0.5, 0.6) is 0 Å². The van der Waals surface area contributed by atoms with Gasteiger partial charge >= 0.3 is 0 Å². The van der Waals surface area contributed by atoms with Crippen LogP contribution in [0.3, 0.4) is 0 Å². The highest BCUT2D eigenvalue weighted by molar-refractivity contribution is 7.20. The Kier molecular flexibility index (Phi) is 3.19. The van der Waals surface area contributed by atoms with Crippen LogP contribution in [0.2, 0.25) is 0 Å². The smallest absolute Gasteiger partial charge is 0.264 e. The average Bonchev–Trinajstić information content (AvgIpc) is 3.06. The van der Waals surface area contributed by atoms with Crippen LogP contribution in [0.4, 0.5) is 4.39 Å². The van der Waals surface area contributed by atoms with Gasteiger partial charge in [-0.3, -0.25) is 9.89 Å². The van der Waals surface area contributed by atoms with Gasteiger partial charge in [0.25, 0.3) is 5.91 Å². The zero-order valence-corrected chi connectivity index (χ0v) is 11.4. The molecule has 0 radical (unpaired) electrons. The minimum absolute atomic E-state index is 0.122. The van der Waals surface area contributed by atoms with Gasteiger partial charge in [-0.05, 0) is 29.7 Å². The monoisotopic (exact) mass is 290 g/mol. The van der Waals surface area contributed by atoms with E-state index < -0.39 is 0 Å². The number of nitrogens with zero attached hydrogens (tertiary/aromatic N) is 3. The maximum atomic E-state index is 13.1. The quantitative estimate of drug-likeness (QED) is 0.806. The fraction of sp³-hybridized carbons (Fsp3) is 0.154. The number of carbonyl (C=O) groups excluding carboxylic acids is 1. The molecule has 7 heteroatoms. The summed E-state index contributed by atoms with van der Waals surface area (Å²) in [7, 11) is 1.69. The molecule has 1 amide bonds. The number of aromatic nitrogens is 3. The molecule has 0 aliphatic rings. The summed E-state index contributed by atoms with van der Waals surface area (Å²) in [5, 5.41) is 7.19. The van der Waals surface area contributed by atoms with Crippen molar-refractivity contribution < 1.29 is 9.18 Å². The van der Waals surface area contributed by atoms with Crippen molar-refractivity contribution >= 4 is 27.3 Å². The zero-order chi connectivity index (χ0) is 14.1. The lowest BCUT2D eigenvalue weighted by atomic mass is 10.2. The van der Waals surface area contributed by atoms with Crippen LogP contribution in [0.1, 0.15) is 15.5 Å². The summed E-state index contributed by atoms with van der Waals surface area (Å²) in [6.07, 6.45) is 1.40. The molecule has 2 heterocycles. The molecule has 1 N–H and O–H groups in total. The van der Waals surface area contributed by atoms with Crippen LogP contribution in [0.15, 0.2) is 30.6 Å². The maximum absolute atomic E-state index is 13.1.